The van der Waals surface area contributed by atoms with Crippen LogP contribution in [-0.4, -0.2) is 68.9 Å². The molecule has 0 bridgehead atoms. The monoisotopic (exact) mass is 294 g/mol. The number of hydrogen-bond donors (Lipinski definition) is 4. The van der Waals surface area contributed by atoms with Crippen molar-refractivity contribution in [1.29, 1.82) is 0 Å². The third-order valence-electron chi connectivity index (χ3n) is 2.79. The maximum absolute atomic E-state index is 10.6. The Bertz CT molecular complexity index is 423. The van der Waals surface area contributed by atoms with Gasteiger partial charge in [-0.3, -0.25) is 9.52 Å². The van der Waals surface area contributed by atoms with Crippen molar-refractivity contribution < 1.29 is 33.8 Å². The van der Waals surface area contributed by atoms with Crippen molar-refractivity contribution in [3.63, 3.8) is 0 Å². The fourth-order valence-electron chi connectivity index (χ4n) is 1.88. The quantitative estimate of drug-likeness (QED) is 0.456. The van der Waals surface area contributed by atoms with Crippen LogP contribution in [0, 0.1) is 0 Å². The van der Waals surface area contributed by atoms with Crippen LogP contribution in [0.5, 0.6) is 0 Å². The van der Waals surface area contributed by atoms with E-state index in [1.807, 2.05) is 0 Å². The van der Waals surface area contributed by atoms with E-state index in [0.29, 0.717) is 0 Å². The molecule has 4 atom stereocenters. The van der Waals surface area contributed by atoms with Crippen LogP contribution in [0.3, 0.4) is 0 Å². The first-order valence-electron chi connectivity index (χ1n) is 5.52. The minimum Gasteiger partial charge on any atom is -0.387 e. The van der Waals surface area contributed by atoms with Gasteiger partial charge in [0.1, 0.15) is 25.0 Å². The fourth-order valence-corrected chi connectivity index (χ4v) is 2.22. The number of nitrogens with zero attached hydrogens (tertiary/aromatic N) is 2. The first-order chi connectivity index (χ1) is 8.88. The third-order valence-corrected chi connectivity index (χ3v) is 3.27. The molecule has 9 nitrogen and oxygen atoms in total. The van der Waals surface area contributed by atoms with Crippen LogP contribution in [0.25, 0.3) is 0 Å². The van der Waals surface area contributed by atoms with Crippen molar-refractivity contribution >= 4 is 14.0 Å². The highest BCUT2D eigenvalue weighted by molar-refractivity contribution is 7.46. The number of aliphatic imine (C=N–C) groups is 1. The minimum atomic E-state index is -4.64. The van der Waals surface area contributed by atoms with Gasteiger partial charge in [0.2, 0.25) is 0 Å². The number of aliphatic hydroxyl groups excluding tert-OH is 2. The first kappa shape index (κ1) is 14.6. The van der Waals surface area contributed by atoms with Crippen molar-refractivity contribution in [3.8, 4) is 0 Å². The van der Waals surface area contributed by atoms with Gasteiger partial charge in [-0.25, -0.2) is 4.57 Å². The average Bonchev–Trinajstić information content (AvgIpc) is 2.64. The van der Waals surface area contributed by atoms with Gasteiger partial charge < -0.3 is 29.6 Å². The fraction of sp³-hybridized carbons (Fsp3) is 0.667. The van der Waals surface area contributed by atoms with E-state index in [1.54, 1.807) is 23.4 Å². The van der Waals surface area contributed by atoms with Gasteiger partial charge in [-0.15, -0.1) is 0 Å². The van der Waals surface area contributed by atoms with Crippen LogP contribution in [0.4, 0.5) is 0 Å². The molecule has 19 heavy (non-hydrogen) atoms. The summed E-state index contributed by atoms with van der Waals surface area (Å²) in [6.07, 6.45) is 0.494. The van der Waals surface area contributed by atoms with Crippen LogP contribution < -0.4 is 0 Å². The molecule has 10 heteroatoms. The van der Waals surface area contributed by atoms with E-state index in [4.69, 9.17) is 14.5 Å². The van der Waals surface area contributed by atoms with E-state index in [2.05, 4.69) is 9.52 Å². The molecule has 0 amide bonds. The molecule has 0 aromatic heterocycles. The van der Waals surface area contributed by atoms with Crippen LogP contribution in [0.1, 0.15) is 0 Å². The first-order valence-corrected chi connectivity index (χ1v) is 7.05. The van der Waals surface area contributed by atoms with Crippen LogP contribution in [0.15, 0.2) is 17.3 Å². The summed E-state index contributed by atoms with van der Waals surface area (Å²) in [4.78, 5) is 22.7. The molecule has 1 saturated heterocycles. The molecule has 0 aromatic rings. The topological polar surface area (TPSA) is 132 Å². The Hall–Kier alpha value is -0.800. The van der Waals surface area contributed by atoms with Gasteiger partial charge in [-0.1, -0.05) is 0 Å². The third kappa shape index (κ3) is 3.61. The second-order valence-corrected chi connectivity index (χ2v) is 5.40. The lowest BCUT2D eigenvalue weighted by Crippen LogP contribution is -2.42. The van der Waals surface area contributed by atoms with E-state index in [9.17, 15) is 14.8 Å². The molecule has 0 aromatic carbocycles. The summed E-state index contributed by atoms with van der Waals surface area (Å²) >= 11 is 0. The number of allylic oxidation sites excluding steroid dienone is 1. The number of rotatable bonds is 4. The number of phosphoric ester groups is 1. The summed E-state index contributed by atoms with van der Waals surface area (Å²) in [6, 6.07) is 0. The lowest BCUT2D eigenvalue weighted by atomic mass is 10.1. The molecule has 2 rings (SSSR count). The van der Waals surface area contributed by atoms with Crippen molar-refractivity contribution in [3.05, 3.63) is 12.3 Å². The molecule has 0 radical (unpaired) electrons. The zero-order valence-corrected chi connectivity index (χ0v) is 10.7. The van der Waals surface area contributed by atoms with Crippen LogP contribution in [-0.2, 0) is 13.8 Å². The summed E-state index contributed by atoms with van der Waals surface area (Å²) in [5, 5.41) is 19.6. The number of hydrogen-bond acceptors (Lipinski definition) is 7. The Morgan fingerprint density at radius 2 is 2.16 bits per heavy atom. The molecular weight excluding hydrogens is 279 g/mol. The summed E-state index contributed by atoms with van der Waals surface area (Å²) in [6.45, 7) is -0.253. The van der Waals surface area contributed by atoms with Gasteiger partial charge in [0, 0.05) is 12.4 Å². The highest BCUT2D eigenvalue weighted by atomic mass is 31.2. The van der Waals surface area contributed by atoms with Gasteiger partial charge in [-0.05, 0) is 6.08 Å². The maximum Gasteiger partial charge on any atom is 0.469 e. The molecule has 2 aliphatic rings. The maximum atomic E-state index is 10.6. The zero-order valence-electron chi connectivity index (χ0n) is 9.81. The number of ether oxygens (including phenoxy) is 1. The van der Waals surface area contributed by atoms with Gasteiger partial charge in [0.15, 0.2) is 6.23 Å². The zero-order chi connectivity index (χ0) is 14.0. The lowest BCUT2D eigenvalue weighted by Gasteiger charge is -2.28. The van der Waals surface area contributed by atoms with Gasteiger partial charge in [0.05, 0.1) is 6.61 Å². The van der Waals surface area contributed by atoms with Gasteiger partial charge >= 0.3 is 7.82 Å². The molecule has 0 aliphatic carbocycles. The van der Waals surface area contributed by atoms with Crippen molar-refractivity contribution in [2.45, 2.75) is 24.5 Å². The van der Waals surface area contributed by atoms with Crippen LogP contribution in [0.2, 0.25) is 0 Å². The van der Waals surface area contributed by atoms with Crippen molar-refractivity contribution in [2.24, 2.45) is 4.99 Å². The number of aliphatic hydroxyl groups is 2. The Labute approximate surface area is 109 Å². The lowest BCUT2D eigenvalue weighted by molar-refractivity contribution is -0.0783. The minimum absolute atomic E-state index is 0.261. The molecule has 4 unspecified atom stereocenters. The second-order valence-electron chi connectivity index (χ2n) is 4.16. The largest absolute Gasteiger partial charge is 0.469 e. The van der Waals surface area contributed by atoms with E-state index in [0.717, 1.165) is 0 Å². The molecule has 108 valence electrons. The van der Waals surface area contributed by atoms with Gasteiger partial charge in [-0.2, -0.15) is 0 Å². The smallest absolute Gasteiger partial charge is 0.387 e. The second kappa shape index (κ2) is 5.68. The molecule has 2 heterocycles. The Kier molecular flexibility index (Phi) is 4.36. The summed E-state index contributed by atoms with van der Waals surface area (Å²) in [5.41, 5.74) is 0. The standard InChI is InChI=1S/C9H15N2O7P/c12-7-6(4-17-19(14,15)16)18-9(8(7)13)11-3-1-2-10-5-11/h1-3,6-9,12-13H,4-5H2,(H2,14,15,16). The van der Waals surface area contributed by atoms with E-state index in [1.165, 1.54) is 0 Å². The predicted octanol–water partition coefficient (Wildman–Crippen LogP) is -1.60. The Balaban J connectivity index is 1.96. The predicted molar refractivity (Wildman–Crippen MR) is 63.0 cm³/mol. The van der Waals surface area contributed by atoms with E-state index >= 15 is 0 Å². The molecule has 0 saturated carbocycles. The number of phosphoric acid groups is 1. The SMILES string of the molecule is O=P(O)(O)OCC1OC(N2C=CC=NC2)C(O)C1O. The summed E-state index contributed by atoms with van der Waals surface area (Å²) in [7, 11) is -4.64. The summed E-state index contributed by atoms with van der Waals surface area (Å²) in [5.74, 6) is 0. The molecule has 4 N–H and O–H groups in total. The van der Waals surface area contributed by atoms with Gasteiger partial charge in [0.25, 0.3) is 0 Å². The molecule has 2 aliphatic heterocycles. The Morgan fingerprint density at radius 1 is 1.42 bits per heavy atom. The molecular formula is C9H15N2O7P. The normalized spacial score (nSPS) is 35.1. The summed E-state index contributed by atoms with van der Waals surface area (Å²) < 4.78 is 20.2. The molecule has 1 fully saturated rings. The van der Waals surface area contributed by atoms with Crippen molar-refractivity contribution in [2.75, 3.05) is 13.3 Å². The highest BCUT2D eigenvalue weighted by Crippen LogP contribution is 2.37. The van der Waals surface area contributed by atoms with E-state index in [-0.39, 0.29) is 6.67 Å². The van der Waals surface area contributed by atoms with E-state index < -0.39 is 39.0 Å². The van der Waals surface area contributed by atoms with Crippen molar-refractivity contribution in [1.82, 2.24) is 4.90 Å². The average molecular weight is 294 g/mol. The highest BCUT2D eigenvalue weighted by Gasteiger charge is 2.45. The Morgan fingerprint density at radius 3 is 2.74 bits per heavy atom. The molecule has 0 spiro atoms. The van der Waals surface area contributed by atoms with Crippen LogP contribution >= 0.6 is 7.82 Å².